The van der Waals surface area contributed by atoms with Crippen molar-refractivity contribution in [3.63, 3.8) is 0 Å². The Morgan fingerprint density at radius 2 is 1.84 bits per heavy atom. The van der Waals surface area contributed by atoms with Crippen LogP contribution < -0.4 is 4.74 Å². The van der Waals surface area contributed by atoms with Gasteiger partial charge in [-0.15, -0.1) is 0 Å². The zero-order valence-corrected chi connectivity index (χ0v) is 12.7. The van der Waals surface area contributed by atoms with Crippen LogP contribution in [0.1, 0.15) is 37.8 Å². The summed E-state index contributed by atoms with van der Waals surface area (Å²) in [6, 6.07) is 3.69. The molecule has 0 aliphatic heterocycles. The van der Waals surface area contributed by atoms with Gasteiger partial charge < -0.3 is 9.47 Å². The number of aryl methyl sites for hydroxylation is 2. The molecule has 1 aromatic carbocycles. The molecular formula is C15H21ClO3. The van der Waals surface area contributed by atoms with Crippen LogP contribution in [0.2, 0.25) is 5.02 Å². The van der Waals surface area contributed by atoms with Gasteiger partial charge in [-0.3, -0.25) is 0 Å². The lowest BCUT2D eigenvalue weighted by Gasteiger charge is -2.18. The second kappa shape index (κ2) is 7.39. The summed E-state index contributed by atoms with van der Waals surface area (Å²) in [5, 5.41) is 0.732. The number of carbonyl (C=O) groups excluding carboxylic acids is 1. The van der Waals surface area contributed by atoms with E-state index in [2.05, 4.69) is 0 Å². The highest BCUT2D eigenvalue weighted by molar-refractivity contribution is 6.32. The highest BCUT2D eigenvalue weighted by atomic mass is 35.5. The Hall–Kier alpha value is -1.22. The van der Waals surface area contributed by atoms with Crippen molar-refractivity contribution in [1.29, 1.82) is 0 Å². The Morgan fingerprint density at radius 1 is 1.26 bits per heavy atom. The predicted octanol–water partition coefficient (Wildman–Crippen LogP) is 4.07. The fourth-order valence-corrected chi connectivity index (χ4v) is 1.97. The van der Waals surface area contributed by atoms with Crippen molar-refractivity contribution in [1.82, 2.24) is 0 Å². The molecule has 0 fully saturated rings. The lowest BCUT2D eigenvalue weighted by molar-refractivity contribution is -0.151. The molecule has 106 valence electrons. The van der Waals surface area contributed by atoms with Crippen molar-refractivity contribution in [2.75, 3.05) is 6.61 Å². The molecule has 0 radical (unpaired) electrons. The number of hydrogen-bond acceptors (Lipinski definition) is 3. The van der Waals surface area contributed by atoms with Gasteiger partial charge >= 0.3 is 5.97 Å². The van der Waals surface area contributed by atoms with Gasteiger partial charge in [0.1, 0.15) is 5.75 Å². The molecule has 0 aliphatic rings. The standard InChI is InChI=1S/C15H21ClO3/c1-5-7-13(15(17)18-6-2)19-12-8-10(3)14(16)11(4)9-12/h8-9,13H,5-7H2,1-4H3. The van der Waals surface area contributed by atoms with Crippen LogP contribution in [0, 0.1) is 13.8 Å². The number of rotatable bonds is 6. The first kappa shape index (κ1) is 15.8. The summed E-state index contributed by atoms with van der Waals surface area (Å²) in [4.78, 5) is 11.8. The van der Waals surface area contributed by atoms with Gasteiger partial charge in [0, 0.05) is 5.02 Å². The van der Waals surface area contributed by atoms with Gasteiger partial charge in [0.25, 0.3) is 0 Å². The van der Waals surface area contributed by atoms with E-state index in [0.717, 1.165) is 22.6 Å². The summed E-state index contributed by atoms with van der Waals surface area (Å²) in [5.74, 6) is 0.348. The smallest absolute Gasteiger partial charge is 0.347 e. The number of carbonyl (C=O) groups is 1. The van der Waals surface area contributed by atoms with E-state index in [1.54, 1.807) is 6.92 Å². The monoisotopic (exact) mass is 284 g/mol. The minimum Gasteiger partial charge on any atom is -0.479 e. The van der Waals surface area contributed by atoms with Crippen LogP contribution in [0.15, 0.2) is 12.1 Å². The fraction of sp³-hybridized carbons (Fsp3) is 0.533. The predicted molar refractivity (Wildman–Crippen MR) is 76.9 cm³/mol. The van der Waals surface area contributed by atoms with Crippen LogP contribution >= 0.6 is 11.6 Å². The molecule has 0 bridgehead atoms. The molecule has 0 saturated heterocycles. The Labute approximate surface area is 119 Å². The van der Waals surface area contributed by atoms with Crippen molar-refractivity contribution < 1.29 is 14.3 Å². The molecule has 19 heavy (non-hydrogen) atoms. The molecule has 1 atom stereocenters. The van der Waals surface area contributed by atoms with Gasteiger partial charge in [-0.1, -0.05) is 24.9 Å². The van der Waals surface area contributed by atoms with E-state index in [0.29, 0.717) is 18.8 Å². The molecule has 1 aromatic rings. The Kier molecular flexibility index (Phi) is 6.16. The van der Waals surface area contributed by atoms with Crippen molar-refractivity contribution >= 4 is 17.6 Å². The molecule has 0 heterocycles. The topological polar surface area (TPSA) is 35.5 Å². The molecule has 0 saturated carbocycles. The van der Waals surface area contributed by atoms with E-state index in [1.807, 2.05) is 32.9 Å². The van der Waals surface area contributed by atoms with Crippen molar-refractivity contribution in [3.8, 4) is 5.75 Å². The van der Waals surface area contributed by atoms with Crippen LogP contribution in [-0.2, 0) is 9.53 Å². The Morgan fingerprint density at radius 3 is 2.32 bits per heavy atom. The molecule has 0 aromatic heterocycles. The first-order valence-electron chi connectivity index (χ1n) is 6.59. The van der Waals surface area contributed by atoms with E-state index < -0.39 is 6.10 Å². The average Bonchev–Trinajstić information content (AvgIpc) is 2.35. The van der Waals surface area contributed by atoms with Gasteiger partial charge in [0.2, 0.25) is 0 Å². The van der Waals surface area contributed by atoms with Crippen LogP contribution in [0.3, 0.4) is 0 Å². The zero-order chi connectivity index (χ0) is 14.4. The van der Waals surface area contributed by atoms with E-state index in [1.165, 1.54) is 0 Å². The van der Waals surface area contributed by atoms with E-state index in [9.17, 15) is 4.79 Å². The van der Waals surface area contributed by atoms with E-state index >= 15 is 0 Å². The van der Waals surface area contributed by atoms with Crippen molar-refractivity contribution in [2.24, 2.45) is 0 Å². The first-order valence-corrected chi connectivity index (χ1v) is 6.97. The summed E-state index contributed by atoms with van der Waals surface area (Å²) < 4.78 is 10.8. The van der Waals surface area contributed by atoms with Crippen molar-refractivity contribution in [2.45, 2.75) is 46.6 Å². The molecular weight excluding hydrogens is 264 g/mol. The highest BCUT2D eigenvalue weighted by Crippen LogP contribution is 2.27. The normalized spacial score (nSPS) is 12.1. The molecule has 0 aliphatic carbocycles. The maximum absolute atomic E-state index is 11.8. The van der Waals surface area contributed by atoms with E-state index in [4.69, 9.17) is 21.1 Å². The maximum atomic E-state index is 11.8. The number of hydrogen-bond donors (Lipinski definition) is 0. The third-order valence-corrected chi connectivity index (χ3v) is 3.38. The average molecular weight is 285 g/mol. The van der Waals surface area contributed by atoms with Gasteiger partial charge in [0.05, 0.1) is 6.61 Å². The SMILES string of the molecule is CCCC(Oc1cc(C)c(Cl)c(C)c1)C(=O)OCC. The molecule has 0 amide bonds. The molecule has 3 nitrogen and oxygen atoms in total. The van der Waals surface area contributed by atoms with E-state index in [-0.39, 0.29) is 5.97 Å². The summed E-state index contributed by atoms with van der Waals surface area (Å²) in [6.07, 6.45) is 0.944. The van der Waals surface area contributed by atoms with Crippen LogP contribution in [0.5, 0.6) is 5.75 Å². The zero-order valence-electron chi connectivity index (χ0n) is 12.0. The van der Waals surface area contributed by atoms with Crippen LogP contribution in [-0.4, -0.2) is 18.7 Å². The van der Waals surface area contributed by atoms with Gasteiger partial charge in [-0.25, -0.2) is 4.79 Å². The van der Waals surface area contributed by atoms with Gasteiger partial charge in [-0.05, 0) is 50.5 Å². The largest absolute Gasteiger partial charge is 0.479 e. The fourth-order valence-electron chi connectivity index (χ4n) is 1.86. The third-order valence-electron chi connectivity index (χ3n) is 2.79. The molecule has 0 N–H and O–H groups in total. The quantitative estimate of drug-likeness (QED) is 0.739. The molecule has 1 unspecified atom stereocenters. The number of benzene rings is 1. The number of halogens is 1. The molecule has 0 spiro atoms. The summed E-state index contributed by atoms with van der Waals surface area (Å²) in [6.45, 7) is 8.00. The van der Waals surface area contributed by atoms with Crippen LogP contribution in [0.25, 0.3) is 0 Å². The van der Waals surface area contributed by atoms with Crippen molar-refractivity contribution in [3.05, 3.63) is 28.3 Å². The minimum atomic E-state index is -0.551. The number of esters is 1. The van der Waals surface area contributed by atoms with Gasteiger partial charge in [0.15, 0.2) is 6.10 Å². The molecule has 1 rings (SSSR count). The lowest BCUT2D eigenvalue weighted by Crippen LogP contribution is -2.29. The summed E-state index contributed by atoms with van der Waals surface area (Å²) in [7, 11) is 0. The second-order valence-electron chi connectivity index (χ2n) is 4.52. The minimum absolute atomic E-state index is 0.311. The van der Waals surface area contributed by atoms with Gasteiger partial charge in [-0.2, -0.15) is 0 Å². The Balaban J connectivity index is 2.87. The summed E-state index contributed by atoms with van der Waals surface area (Å²) >= 11 is 6.11. The molecule has 4 heteroatoms. The summed E-state index contributed by atoms with van der Waals surface area (Å²) in [5.41, 5.74) is 1.88. The highest BCUT2D eigenvalue weighted by Gasteiger charge is 2.21. The Bertz CT molecular complexity index is 420. The van der Waals surface area contributed by atoms with Crippen LogP contribution in [0.4, 0.5) is 0 Å². The second-order valence-corrected chi connectivity index (χ2v) is 4.90. The maximum Gasteiger partial charge on any atom is 0.347 e. The first-order chi connectivity index (χ1) is 8.99. The lowest BCUT2D eigenvalue weighted by atomic mass is 10.1. The number of ether oxygens (including phenoxy) is 2. The third kappa shape index (κ3) is 4.43.